The zero-order valence-corrected chi connectivity index (χ0v) is 15.9. The number of thiophene rings is 2. The second kappa shape index (κ2) is 6.10. The summed E-state index contributed by atoms with van der Waals surface area (Å²) in [7, 11) is 0. The monoisotopic (exact) mass is 420 g/mol. The molecule has 0 fully saturated rings. The van der Waals surface area contributed by atoms with Crippen LogP contribution < -0.4 is 0 Å². The molecule has 0 N–H and O–H groups in total. The van der Waals surface area contributed by atoms with Gasteiger partial charge in [0.05, 0.1) is 0 Å². The number of aryl methyl sites for hydroxylation is 2. The van der Waals surface area contributed by atoms with Crippen molar-refractivity contribution in [3.63, 3.8) is 0 Å². The van der Waals surface area contributed by atoms with Crippen LogP contribution in [0.1, 0.15) is 30.6 Å². The Morgan fingerprint density at radius 1 is 0.741 bits per heavy atom. The van der Waals surface area contributed by atoms with Crippen molar-refractivity contribution >= 4 is 46.0 Å². The molecule has 3 rings (SSSR count). The van der Waals surface area contributed by atoms with Crippen LogP contribution in [0.25, 0.3) is 23.3 Å². The largest absolute Gasteiger partial charge is 0.380 e. The molecule has 2 heterocycles. The van der Waals surface area contributed by atoms with Crippen LogP contribution in [-0.2, 0) is 0 Å². The summed E-state index contributed by atoms with van der Waals surface area (Å²) in [5.41, 5.74) is -3.26. The number of halogens is 6. The SMILES string of the molecule is C=Cc1cc(C2=C(c3cc(C=C)sc3C)C(F)(F)C(F)(F)C2(F)F)c(C)s1. The van der Waals surface area contributed by atoms with Crippen molar-refractivity contribution < 1.29 is 26.3 Å². The van der Waals surface area contributed by atoms with Gasteiger partial charge in [-0.3, -0.25) is 0 Å². The molecule has 0 spiro atoms. The van der Waals surface area contributed by atoms with Crippen molar-refractivity contribution in [3.8, 4) is 0 Å². The molecule has 0 atom stereocenters. The highest BCUT2D eigenvalue weighted by Gasteiger charge is 2.80. The predicted octanol–water partition coefficient (Wildman–Crippen LogP) is 7.54. The number of rotatable bonds is 4. The summed E-state index contributed by atoms with van der Waals surface area (Å²) < 4.78 is 87.2. The van der Waals surface area contributed by atoms with Crippen molar-refractivity contribution in [2.45, 2.75) is 31.6 Å². The zero-order chi connectivity index (χ0) is 20.4. The molecule has 0 unspecified atom stereocenters. The van der Waals surface area contributed by atoms with Gasteiger partial charge < -0.3 is 0 Å². The number of alkyl halides is 6. The van der Waals surface area contributed by atoms with E-state index in [2.05, 4.69) is 13.2 Å². The Bertz CT molecular complexity index is 898. The van der Waals surface area contributed by atoms with Crippen LogP contribution in [0.15, 0.2) is 25.3 Å². The maximum Gasteiger partial charge on any atom is 0.380 e. The fourth-order valence-corrected chi connectivity index (χ4v) is 4.91. The van der Waals surface area contributed by atoms with Crippen LogP contribution in [-0.4, -0.2) is 17.8 Å². The second-order valence-corrected chi connectivity index (χ2v) is 8.69. The second-order valence-electron chi connectivity index (χ2n) is 6.12. The van der Waals surface area contributed by atoms with Crippen LogP contribution in [0.5, 0.6) is 0 Å². The topological polar surface area (TPSA) is 0 Å². The Hall–Kier alpha value is -1.80. The third-order valence-corrected chi connectivity index (χ3v) is 6.57. The molecule has 2 aromatic rings. The minimum Gasteiger partial charge on any atom is -0.194 e. The van der Waals surface area contributed by atoms with Gasteiger partial charge in [-0.25, -0.2) is 0 Å². The first-order valence-electron chi connectivity index (χ1n) is 7.75. The summed E-state index contributed by atoms with van der Waals surface area (Å²) >= 11 is 2.05. The summed E-state index contributed by atoms with van der Waals surface area (Å²) in [6.07, 6.45) is 2.72. The van der Waals surface area contributed by atoms with E-state index in [0.29, 0.717) is 9.75 Å². The van der Waals surface area contributed by atoms with Crippen LogP contribution in [0.3, 0.4) is 0 Å². The van der Waals surface area contributed by atoms with Crippen LogP contribution in [0, 0.1) is 13.8 Å². The summed E-state index contributed by atoms with van der Waals surface area (Å²) in [5.74, 6) is -15.6. The van der Waals surface area contributed by atoms with Gasteiger partial charge in [-0.1, -0.05) is 25.3 Å². The number of hydrogen-bond donors (Lipinski definition) is 0. The smallest absolute Gasteiger partial charge is 0.194 e. The molecule has 1 aliphatic rings. The predicted molar refractivity (Wildman–Crippen MR) is 99.9 cm³/mol. The van der Waals surface area contributed by atoms with E-state index in [1.54, 1.807) is 0 Å². The Morgan fingerprint density at radius 2 is 1.07 bits per heavy atom. The number of hydrogen-bond acceptors (Lipinski definition) is 2. The minimum absolute atomic E-state index is 0.238. The van der Waals surface area contributed by atoms with Crippen molar-refractivity contribution in [2.75, 3.05) is 0 Å². The molecule has 0 amide bonds. The average Bonchev–Trinajstić information content (AvgIpc) is 3.16. The molecule has 27 heavy (non-hydrogen) atoms. The lowest BCUT2D eigenvalue weighted by atomic mass is 9.95. The molecule has 0 radical (unpaired) electrons. The quantitative estimate of drug-likeness (QED) is 0.448. The van der Waals surface area contributed by atoms with Gasteiger partial charge in [-0.15, -0.1) is 22.7 Å². The highest BCUT2D eigenvalue weighted by Crippen LogP contribution is 2.65. The molecular weight excluding hydrogens is 406 g/mol. The van der Waals surface area contributed by atoms with Gasteiger partial charge >= 0.3 is 17.8 Å². The molecule has 1 aliphatic carbocycles. The van der Waals surface area contributed by atoms with Gasteiger partial charge in [0.15, 0.2) is 0 Å². The lowest BCUT2D eigenvalue weighted by Crippen LogP contribution is -2.48. The van der Waals surface area contributed by atoms with Gasteiger partial charge in [-0.05, 0) is 37.1 Å². The molecule has 0 aliphatic heterocycles. The van der Waals surface area contributed by atoms with E-state index in [1.165, 1.54) is 38.1 Å². The first-order valence-corrected chi connectivity index (χ1v) is 9.38. The van der Waals surface area contributed by atoms with E-state index in [1.807, 2.05) is 0 Å². The maximum absolute atomic E-state index is 14.7. The van der Waals surface area contributed by atoms with Gasteiger partial charge in [0.1, 0.15) is 0 Å². The average molecular weight is 420 g/mol. The fraction of sp³-hybridized carbons (Fsp3) is 0.263. The lowest BCUT2D eigenvalue weighted by Gasteiger charge is -2.25. The molecule has 0 saturated carbocycles. The van der Waals surface area contributed by atoms with Crippen LogP contribution >= 0.6 is 22.7 Å². The Kier molecular flexibility index (Phi) is 4.51. The molecule has 0 aromatic carbocycles. The van der Waals surface area contributed by atoms with Crippen molar-refractivity contribution in [1.82, 2.24) is 0 Å². The van der Waals surface area contributed by atoms with E-state index in [0.717, 1.165) is 22.7 Å². The molecule has 0 saturated heterocycles. The van der Waals surface area contributed by atoms with Crippen molar-refractivity contribution in [2.24, 2.45) is 0 Å². The van der Waals surface area contributed by atoms with E-state index in [4.69, 9.17) is 0 Å². The Morgan fingerprint density at radius 3 is 1.33 bits per heavy atom. The minimum atomic E-state index is -5.55. The van der Waals surface area contributed by atoms with E-state index in [9.17, 15) is 26.3 Å². The highest BCUT2D eigenvalue weighted by atomic mass is 32.1. The summed E-state index contributed by atoms with van der Waals surface area (Å²) in [6.45, 7) is 9.88. The molecule has 0 nitrogen and oxygen atoms in total. The number of allylic oxidation sites excluding steroid dienone is 2. The van der Waals surface area contributed by atoms with E-state index in [-0.39, 0.29) is 20.9 Å². The molecule has 144 valence electrons. The van der Waals surface area contributed by atoms with Crippen LogP contribution in [0.2, 0.25) is 0 Å². The maximum atomic E-state index is 14.7. The van der Waals surface area contributed by atoms with Gasteiger partial charge in [-0.2, -0.15) is 26.3 Å². The van der Waals surface area contributed by atoms with E-state index >= 15 is 0 Å². The fourth-order valence-electron chi connectivity index (χ4n) is 3.14. The highest BCUT2D eigenvalue weighted by molar-refractivity contribution is 7.13. The summed E-state index contributed by atoms with van der Waals surface area (Å²) in [4.78, 5) is 1.33. The van der Waals surface area contributed by atoms with E-state index < -0.39 is 28.9 Å². The van der Waals surface area contributed by atoms with Crippen molar-refractivity contribution in [3.05, 3.63) is 55.9 Å². The summed E-state index contributed by atoms with van der Waals surface area (Å²) in [6, 6.07) is 2.40. The standard InChI is InChI=1S/C19H14F6S2/c1-5-11-7-13(9(3)26-11)15-16(14-8-12(6-2)27-10(14)4)18(22,23)19(24,25)17(15,20)21/h5-8H,1-2H2,3-4H3. The normalized spacial score (nSPS) is 20.1. The van der Waals surface area contributed by atoms with Gasteiger partial charge in [0, 0.05) is 30.7 Å². The van der Waals surface area contributed by atoms with Crippen LogP contribution in [0.4, 0.5) is 26.3 Å². The summed E-state index contributed by atoms with van der Waals surface area (Å²) in [5, 5.41) is 0. The molecular formula is C19H14F6S2. The molecule has 0 bridgehead atoms. The Balaban J connectivity index is 2.45. The van der Waals surface area contributed by atoms with Crippen molar-refractivity contribution in [1.29, 1.82) is 0 Å². The third-order valence-electron chi connectivity index (χ3n) is 4.48. The van der Waals surface area contributed by atoms with Gasteiger partial charge in [0.25, 0.3) is 0 Å². The molecule has 2 aromatic heterocycles. The zero-order valence-electron chi connectivity index (χ0n) is 14.3. The van der Waals surface area contributed by atoms with Gasteiger partial charge in [0.2, 0.25) is 0 Å². The molecule has 8 heteroatoms. The Labute approximate surface area is 160 Å². The lowest BCUT2D eigenvalue weighted by molar-refractivity contribution is -0.254. The first kappa shape index (κ1) is 19.9. The third kappa shape index (κ3) is 2.56. The first-order chi connectivity index (χ1) is 12.4.